The number of anilines is 1. The molecule has 0 aromatic heterocycles. The Morgan fingerprint density at radius 2 is 2.00 bits per heavy atom. The Hall–Kier alpha value is -1.59. The van der Waals surface area contributed by atoms with Crippen LogP contribution in [0.2, 0.25) is 0 Å². The highest BCUT2D eigenvalue weighted by Crippen LogP contribution is 2.29. The van der Waals surface area contributed by atoms with E-state index < -0.39 is 5.54 Å². The number of benzene rings is 1. The second-order valence-electron chi connectivity index (χ2n) is 6.55. The molecule has 1 aliphatic carbocycles. The van der Waals surface area contributed by atoms with Crippen molar-refractivity contribution in [3.8, 4) is 0 Å². The summed E-state index contributed by atoms with van der Waals surface area (Å²) in [6.07, 6.45) is 5.12. The molecule has 1 aromatic rings. The molecule has 1 atom stereocenters. The van der Waals surface area contributed by atoms with E-state index in [4.69, 9.17) is 5.73 Å². The van der Waals surface area contributed by atoms with E-state index in [2.05, 4.69) is 10.6 Å². The molecule has 0 saturated heterocycles. The largest absolute Gasteiger partial charge is 0.348 e. The molecule has 126 valence electrons. The fourth-order valence-electron chi connectivity index (χ4n) is 3.35. The number of rotatable bonds is 3. The molecular weight excluding hydrogens is 314 g/mol. The molecule has 5 nitrogen and oxygen atoms in total. The summed E-state index contributed by atoms with van der Waals surface area (Å²) in [6.45, 7) is 1.95. The topological polar surface area (TPSA) is 84.2 Å². The summed E-state index contributed by atoms with van der Waals surface area (Å²) in [4.78, 5) is 23.9. The van der Waals surface area contributed by atoms with Gasteiger partial charge in [-0.3, -0.25) is 9.59 Å². The van der Waals surface area contributed by atoms with Gasteiger partial charge in [0.15, 0.2) is 0 Å². The van der Waals surface area contributed by atoms with Crippen molar-refractivity contribution in [3.05, 3.63) is 29.3 Å². The third kappa shape index (κ3) is 3.67. The second kappa shape index (κ2) is 6.89. The Labute approximate surface area is 142 Å². The van der Waals surface area contributed by atoms with E-state index in [9.17, 15) is 9.59 Å². The molecule has 2 aliphatic rings. The van der Waals surface area contributed by atoms with E-state index in [0.717, 1.165) is 48.9 Å². The molecule has 2 amide bonds. The Morgan fingerprint density at radius 1 is 1.30 bits per heavy atom. The molecular formula is C17H24ClN3O2. The minimum absolute atomic E-state index is 0. The molecule has 6 heteroatoms. The molecule has 1 unspecified atom stereocenters. The van der Waals surface area contributed by atoms with Crippen LogP contribution >= 0.6 is 12.4 Å². The van der Waals surface area contributed by atoms with Gasteiger partial charge in [0.25, 0.3) is 0 Å². The molecule has 1 heterocycles. The van der Waals surface area contributed by atoms with Gasteiger partial charge in [-0.05, 0) is 37.0 Å². The lowest BCUT2D eigenvalue weighted by atomic mass is 9.81. The quantitative estimate of drug-likeness (QED) is 0.792. The Bertz CT molecular complexity index is 612. The number of nitrogens with one attached hydrogen (secondary N) is 2. The van der Waals surface area contributed by atoms with Crippen molar-refractivity contribution in [1.82, 2.24) is 5.32 Å². The maximum Gasteiger partial charge on any atom is 0.240 e. The lowest BCUT2D eigenvalue weighted by Crippen LogP contribution is -2.55. The molecule has 0 radical (unpaired) electrons. The first-order valence-corrected chi connectivity index (χ1v) is 8.00. The van der Waals surface area contributed by atoms with Crippen LogP contribution in [0.15, 0.2) is 18.2 Å². The van der Waals surface area contributed by atoms with Crippen molar-refractivity contribution >= 4 is 29.9 Å². The van der Waals surface area contributed by atoms with Crippen molar-refractivity contribution in [2.24, 2.45) is 5.73 Å². The fraction of sp³-hybridized carbons (Fsp3) is 0.529. The second-order valence-corrected chi connectivity index (χ2v) is 6.55. The predicted molar refractivity (Wildman–Crippen MR) is 92.6 cm³/mol. The highest BCUT2D eigenvalue weighted by molar-refractivity contribution is 5.99. The van der Waals surface area contributed by atoms with Crippen molar-refractivity contribution < 1.29 is 9.59 Å². The zero-order chi connectivity index (χ0) is 15.7. The van der Waals surface area contributed by atoms with Gasteiger partial charge in [0, 0.05) is 5.69 Å². The van der Waals surface area contributed by atoms with Gasteiger partial charge >= 0.3 is 0 Å². The minimum atomic E-state index is -0.721. The van der Waals surface area contributed by atoms with Crippen molar-refractivity contribution in [2.45, 2.75) is 57.0 Å². The first-order valence-electron chi connectivity index (χ1n) is 8.00. The number of amides is 2. The molecule has 1 fully saturated rings. The van der Waals surface area contributed by atoms with Crippen molar-refractivity contribution in [2.75, 3.05) is 5.32 Å². The molecule has 1 aromatic carbocycles. The van der Waals surface area contributed by atoms with E-state index in [-0.39, 0.29) is 30.3 Å². The minimum Gasteiger partial charge on any atom is -0.348 e. The number of hydrogen-bond donors (Lipinski definition) is 3. The summed E-state index contributed by atoms with van der Waals surface area (Å²) in [6, 6.07) is 5.72. The molecule has 3 rings (SSSR count). The van der Waals surface area contributed by atoms with Gasteiger partial charge in [-0.25, -0.2) is 0 Å². The average Bonchev–Trinajstić information content (AvgIpc) is 2.86. The van der Waals surface area contributed by atoms with E-state index in [0.29, 0.717) is 6.42 Å². The Morgan fingerprint density at radius 3 is 2.70 bits per heavy atom. The van der Waals surface area contributed by atoms with Crippen LogP contribution in [0.4, 0.5) is 5.69 Å². The van der Waals surface area contributed by atoms with Gasteiger partial charge in [0.2, 0.25) is 11.8 Å². The third-order valence-corrected chi connectivity index (χ3v) is 4.80. The fourth-order valence-corrected chi connectivity index (χ4v) is 3.35. The maximum absolute atomic E-state index is 12.5. The summed E-state index contributed by atoms with van der Waals surface area (Å²) in [7, 11) is 0. The van der Waals surface area contributed by atoms with Crippen LogP contribution in [0, 0.1) is 0 Å². The van der Waals surface area contributed by atoms with Crippen molar-refractivity contribution in [3.63, 3.8) is 0 Å². The molecule has 0 bridgehead atoms. The van der Waals surface area contributed by atoms with Crippen molar-refractivity contribution in [1.29, 1.82) is 0 Å². The van der Waals surface area contributed by atoms with Crippen LogP contribution in [0.5, 0.6) is 0 Å². The van der Waals surface area contributed by atoms with Gasteiger partial charge in [-0.15, -0.1) is 12.4 Å². The van der Waals surface area contributed by atoms with E-state index in [1.807, 2.05) is 25.1 Å². The number of nitrogens with two attached hydrogens (primary N) is 1. The molecule has 23 heavy (non-hydrogen) atoms. The van der Waals surface area contributed by atoms with E-state index in [1.165, 1.54) is 0 Å². The predicted octanol–water partition coefficient (Wildman–Crippen LogP) is 2.44. The summed E-state index contributed by atoms with van der Waals surface area (Å²) < 4.78 is 0. The highest BCUT2D eigenvalue weighted by Gasteiger charge is 2.35. The monoisotopic (exact) mass is 337 g/mol. The summed E-state index contributed by atoms with van der Waals surface area (Å²) in [5.41, 5.74) is 8.41. The zero-order valence-electron chi connectivity index (χ0n) is 13.4. The number of halogens is 1. The van der Waals surface area contributed by atoms with Gasteiger partial charge in [-0.1, -0.05) is 31.4 Å². The van der Waals surface area contributed by atoms with Gasteiger partial charge in [0.05, 0.1) is 18.0 Å². The lowest BCUT2D eigenvalue weighted by molar-refractivity contribution is -0.128. The smallest absolute Gasteiger partial charge is 0.240 e. The molecule has 1 aliphatic heterocycles. The lowest BCUT2D eigenvalue weighted by Gasteiger charge is -2.33. The van der Waals surface area contributed by atoms with E-state index in [1.54, 1.807) is 0 Å². The summed E-state index contributed by atoms with van der Waals surface area (Å²) >= 11 is 0. The SMILES string of the molecule is CC(NC(=O)C1(N)CCCCC1)c1ccc2c(c1)CC(=O)N2.Cl. The zero-order valence-corrected chi connectivity index (χ0v) is 14.2. The van der Waals surface area contributed by atoms with Crippen LogP contribution < -0.4 is 16.4 Å². The number of fused-ring (bicyclic) bond motifs is 1. The van der Waals surface area contributed by atoms with Crippen LogP contribution in [0.1, 0.15) is 56.2 Å². The van der Waals surface area contributed by atoms with Gasteiger partial charge < -0.3 is 16.4 Å². The molecule has 4 N–H and O–H groups in total. The standard InChI is InChI=1S/C17H23N3O2.ClH/c1-11(19-16(22)17(18)7-3-2-4-8-17)12-5-6-14-13(9-12)10-15(21)20-14;/h5-6,9,11H,2-4,7-8,10,18H2,1H3,(H,19,22)(H,20,21);1H. The van der Waals surface area contributed by atoms with Gasteiger partial charge in [0.1, 0.15) is 0 Å². The van der Waals surface area contributed by atoms with Crippen LogP contribution in [0.3, 0.4) is 0 Å². The molecule has 1 saturated carbocycles. The first kappa shape index (κ1) is 17.8. The summed E-state index contributed by atoms with van der Waals surface area (Å²) in [5, 5.41) is 5.86. The summed E-state index contributed by atoms with van der Waals surface area (Å²) in [5.74, 6) is -0.0404. The van der Waals surface area contributed by atoms with E-state index >= 15 is 0 Å². The maximum atomic E-state index is 12.5. The van der Waals surface area contributed by atoms with Crippen LogP contribution in [-0.4, -0.2) is 17.4 Å². The van der Waals surface area contributed by atoms with Crippen LogP contribution in [0.25, 0.3) is 0 Å². The molecule has 0 spiro atoms. The normalized spacial score (nSPS) is 20.0. The third-order valence-electron chi connectivity index (χ3n) is 4.80. The average molecular weight is 338 g/mol. The first-order chi connectivity index (χ1) is 10.5. The van der Waals surface area contributed by atoms with Gasteiger partial charge in [-0.2, -0.15) is 0 Å². The number of carbonyl (C=O) groups is 2. The van der Waals surface area contributed by atoms with Crippen LogP contribution in [-0.2, 0) is 16.0 Å². The number of carbonyl (C=O) groups excluding carboxylic acids is 2. The Kier molecular flexibility index (Phi) is 5.32. The highest BCUT2D eigenvalue weighted by atomic mass is 35.5. The number of hydrogen-bond acceptors (Lipinski definition) is 3. The Balaban J connectivity index is 0.00000192.